The molecule has 1 aliphatic heterocycles. The third-order valence-electron chi connectivity index (χ3n) is 2.77. The van der Waals surface area contributed by atoms with Crippen molar-refractivity contribution in [2.45, 2.75) is 18.9 Å². The Labute approximate surface area is 109 Å². The van der Waals surface area contributed by atoms with Crippen molar-refractivity contribution in [3.05, 3.63) is 29.3 Å². The minimum atomic E-state index is -1.00. The molecular weight excluding hydrogens is 258 g/mol. The monoisotopic (exact) mass is 269 g/mol. The van der Waals surface area contributed by atoms with E-state index in [1.54, 1.807) is 18.2 Å². The first-order chi connectivity index (χ1) is 8.58. The van der Waals surface area contributed by atoms with Crippen LogP contribution < -0.4 is 4.74 Å². The second-order valence-corrected chi connectivity index (χ2v) is 4.45. The average Bonchev–Trinajstić information content (AvgIpc) is 2.77. The first kappa shape index (κ1) is 12.7. The Morgan fingerprint density at radius 1 is 1.44 bits per heavy atom. The zero-order valence-corrected chi connectivity index (χ0v) is 10.3. The van der Waals surface area contributed by atoms with Crippen LogP contribution in [0.25, 0.3) is 0 Å². The number of carboxylic acids is 1. The van der Waals surface area contributed by atoms with Crippen LogP contribution in [-0.2, 0) is 4.79 Å². The Morgan fingerprint density at radius 3 is 2.89 bits per heavy atom. The minimum absolute atomic E-state index is 0.309. The molecule has 6 heteroatoms. The zero-order valence-electron chi connectivity index (χ0n) is 9.51. The number of hydrogen-bond acceptors (Lipinski definition) is 3. The van der Waals surface area contributed by atoms with Gasteiger partial charge in [0.25, 0.3) is 0 Å². The molecule has 5 nitrogen and oxygen atoms in total. The summed E-state index contributed by atoms with van der Waals surface area (Å²) in [5, 5.41) is 9.43. The van der Waals surface area contributed by atoms with Crippen LogP contribution in [0.3, 0.4) is 0 Å². The molecule has 0 bridgehead atoms. The molecule has 1 amide bonds. The van der Waals surface area contributed by atoms with Crippen LogP contribution in [0, 0.1) is 0 Å². The normalized spacial score (nSPS) is 18.7. The highest BCUT2D eigenvalue weighted by molar-refractivity contribution is 6.30. The highest BCUT2D eigenvalue weighted by Crippen LogP contribution is 2.22. The maximum absolute atomic E-state index is 11.8. The summed E-state index contributed by atoms with van der Waals surface area (Å²) in [6.07, 6.45) is 0.476. The lowest BCUT2D eigenvalue weighted by atomic mass is 10.2. The van der Waals surface area contributed by atoms with Gasteiger partial charge in [0.15, 0.2) is 0 Å². The van der Waals surface area contributed by atoms with E-state index in [1.807, 2.05) is 0 Å². The molecule has 0 spiro atoms. The molecule has 0 radical (unpaired) electrons. The molecule has 18 heavy (non-hydrogen) atoms. The van der Waals surface area contributed by atoms with E-state index in [9.17, 15) is 9.59 Å². The summed E-state index contributed by atoms with van der Waals surface area (Å²) >= 11 is 5.77. The number of carbonyl (C=O) groups is 2. The van der Waals surface area contributed by atoms with E-state index < -0.39 is 18.1 Å². The Bertz CT molecular complexity index is 477. The third-order valence-corrected chi connectivity index (χ3v) is 3.01. The van der Waals surface area contributed by atoms with Crippen LogP contribution in [0.1, 0.15) is 12.8 Å². The second kappa shape index (κ2) is 5.27. The Kier molecular flexibility index (Phi) is 3.72. The van der Waals surface area contributed by atoms with E-state index >= 15 is 0 Å². The lowest BCUT2D eigenvalue weighted by molar-refractivity contribution is -0.141. The van der Waals surface area contributed by atoms with E-state index in [-0.39, 0.29) is 0 Å². The summed E-state index contributed by atoms with van der Waals surface area (Å²) in [5.74, 6) is -0.695. The fourth-order valence-electron chi connectivity index (χ4n) is 1.93. The van der Waals surface area contributed by atoms with Gasteiger partial charge in [-0.2, -0.15) is 0 Å². The summed E-state index contributed by atoms with van der Waals surface area (Å²) in [6.45, 7) is 0.399. The predicted molar refractivity (Wildman–Crippen MR) is 64.8 cm³/mol. The molecule has 2 rings (SSSR count). The van der Waals surface area contributed by atoms with Gasteiger partial charge in [-0.05, 0) is 31.0 Å². The van der Waals surface area contributed by atoms with Crippen molar-refractivity contribution in [2.75, 3.05) is 6.54 Å². The number of ether oxygens (including phenoxy) is 1. The van der Waals surface area contributed by atoms with Gasteiger partial charge in [-0.1, -0.05) is 17.7 Å². The number of aliphatic carboxylic acids is 1. The molecule has 1 atom stereocenters. The van der Waals surface area contributed by atoms with Gasteiger partial charge in [0.2, 0.25) is 0 Å². The van der Waals surface area contributed by atoms with E-state index in [2.05, 4.69) is 0 Å². The van der Waals surface area contributed by atoms with Crippen molar-refractivity contribution in [1.82, 2.24) is 4.90 Å². The largest absolute Gasteiger partial charge is 0.480 e. The molecule has 1 aromatic rings. The number of hydrogen-bond donors (Lipinski definition) is 1. The number of halogens is 1. The zero-order chi connectivity index (χ0) is 13.1. The Morgan fingerprint density at radius 2 is 2.22 bits per heavy atom. The first-order valence-electron chi connectivity index (χ1n) is 5.55. The molecule has 96 valence electrons. The molecule has 1 aliphatic rings. The maximum Gasteiger partial charge on any atom is 0.415 e. The molecule has 0 aromatic heterocycles. The number of amides is 1. The lowest BCUT2D eigenvalue weighted by Gasteiger charge is -2.20. The van der Waals surface area contributed by atoms with E-state index in [0.717, 1.165) is 0 Å². The van der Waals surface area contributed by atoms with Crippen molar-refractivity contribution >= 4 is 23.7 Å². The van der Waals surface area contributed by atoms with E-state index in [1.165, 1.54) is 11.0 Å². The van der Waals surface area contributed by atoms with Gasteiger partial charge in [-0.25, -0.2) is 9.59 Å². The second-order valence-electron chi connectivity index (χ2n) is 4.02. The van der Waals surface area contributed by atoms with Gasteiger partial charge in [0.05, 0.1) is 0 Å². The van der Waals surface area contributed by atoms with E-state index in [0.29, 0.717) is 30.2 Å². The summed E-state index contributed by atoms with van der Waals surface area (Å²) < 4.78 is 5.10. The van der Waals surface area contributed by atoms with Gasteiger partial charge in [-0.3, -0.25) is 4.90 Å². The average molecular weight is 270 g/mol. The highest BCUT2D eigenvalue weighted by atomic mass is 35.5. The Hall–Kier alpha value is -1.75. The van der Waals surface area contributed by atoms with Crippen LogP contribution >= 0.6 is 11.6 Å². The van der Waals surface area contributed by atoms with Crippen LogP contribution in [0.15, 0.2) is 24.3 Å². The maximum atomic E-state index is 11.8. The van der Waals surface area contributed by atoms with Crippen molar-refractivity contribution < 1.29 is 19.4 Å². The number of carbonyl (C=O) groups excluding carboxylic acids is 1. The molecule has 1 heterocycles. The fourth-order valence-corrected chi connectivity index (χ4v) is 2.11. The molecular formula is C12H12ClNO4. The topological polar surface area (TPSA) is 66.8 Å². The van der Waals surface area contributed by atoms with E-state index in [4.69, 9.17) is 21.4 Å². The SMILES string of the molecule is O=C(O)C1CCCN1C(=O)Oc1cccc(Cl)c1. The van der Waals surface area contributed by atoms with Crippen LogP contribution in [0.4, 0.5) is 4.79 Å². The fraction of sp³-hybridized carbons (Fsp3) is 0.333. The van der Waals surface area contributed by atoms with Gasteiger partial charge in [0.1, 0.15) is 11.8 Å². The smallest absolute Gasteiger partial charge is 0.415 e. The van der Waals surface area contributed by atoms with Gasteiger partial charge in [0, 0.05) is 11.6 Å². The number of nitrogens with zero attached hydrogens (tertiary/aromatic N) is 1. The van der Waals surface area contributed by atoms with Crippen molar-refractivity contribution in [1.29, 1.82) is 0 Å². The molecule has 1 saturated heterocycles. The lowest BCUT2D eigenvalue weighted by Crippen LogP contribution is -2.41. The number of carboxylic acid groups (broad SMARTS) is 1. The standard InChI is InChI=1S/C12H12ClNO4/c13-8-3-1-4-9(7-8)18-12(17)14-6-2-5-10(14)11(15)16/h1,3-4,7,10H,2,5-6H2,(H,15,16). The number of benzene rings is 1. The van der Waals surface area contributed by atoms with Gasteiger partial charge >= 0.3 is 12.1 Å². The molecule has 1 N–H and O–H groups in total. The van der Waals surface area contributed by atoms with Crippen LogP contribution in [0.5, 0.6) is 5.75 Å². The molecule has 0 aliphatic carbocycles. The third kappa shape index (κ3) is 2.73. The van der Waals surface area contributed by atoms with Crippen molar-refractivity contribution in [3.63, 3.8) is 0 Å². The van der Waals surface area contributed by atoms with Crippen molar-refractivity contribution in [3.8, 4) is 5.75 Å². The number of likely N-dealkylation sites (tertiary alicyclic amines) is 1. The summed E-state index contributed by atoms with van der Waals surface area (Å²) in [5.41, 5.74) is 0. The van der Waals surface area contributed by atoms with Crippen molar-refractivity contribution in [2.24, 2.45) is 0 Å². The first-order valence-corrected chi connectivity index (χ1v) is 5.92. The molecule has 0 saturated carbocycles. The van der Waals surface area contributed by atoms with Crippen LogP contribution in [-0.4, -0.2) is 34.7 Å². The minimum Gasteiger partial charge on any atom is -0.480 e. The van der Waals surface area contributed by atoms with Gasteiger partial charge < -0.3 is 9.84 Å². The molecule has 1 aromatic carbocycles. The van der Waals surface area contributed by atoms with Gasteiger partial charge in [-0.15, -0.1) is 0 Å². The van der Waals surface area contributed by atoms with Crippen LogP contribution in [0.2, 0.25) is 5.02 Å². The summed E-state index contributed by atoms with van der Waals surface area (Å²) in [6, 6.07) is 5.62. The molecule has 1 fully saturated rings. The molecule has 1 unspecified atom stereocenters. The predicted octanol–water partition coefficient (Wildman–Crippen LogP) is 2.39. The summed E-state index contributed by atoms with van der Waals surface area (Å²) in [7, 11) is 0. The quantitative estimate of drug-likeness (QED) is 0.895. The number of rotatable bonds is 2. The summed E-state index contributed by atoms with van der Waals surface area (Å²) in [4.78, 5) is 24.0. The Balaban J connectivity index is 2.06. The highest BCUT2D eigenvalue weighted by Gasteiger charge is 2.35.